The number of nitrogens with one attached hydrogen (secondary N) is 1. The summed E-state index contributed by atoms with van der Waals surface area (Å²) in [5.74, 6) is -0.502. The second-order valence-corrected chi connectivity index (χ2v) is 8.29. The van der Waals surface area contributed by atoms with Crippen LogP contribution in [0.5, 0.6) is 0 Å². The van der Waals surface area contributed by atoms with Crippen LogP contribution < -0.4 is 4.90 Å². The van der Waals surface area contributed by atoms with Crippen molar-refractivity contribution in [1.29, 1.82) is 0 Å². The molecule has 0 aliphatic rings. The molecular formula is C19H16BrClN4O2S. The van der Waals surface area contributed by atoms with Crippen LogP contribution in [0.3, 0.4) is 0 Å². The summed E-state index contributed by atoms with van der Waals surface area (Å²) in [5.41, 5.74) is 2.58. The number of halogens is 2. The summed E-state index contributed by atoms with van der Waals surface area (Å²) in [6, 6.07) is 12.8. The average Bonchev–Trinajstić information content (AvgIpc) is 3.10. The van der Waals surface area contributed by atoms with Crippen LogP contribution in [0.4, 0.5) is 5.69 Å². The van der Waals surface area contributed by atoms with Crippen LogP contribution in [0.15, 0.2) is 57.0 Å². The molecule has 0 spiro atoms. The number of nitrogens with zero attached hydrogens (tertiary/aromatic N) is 3. The van der Waals surface area contributed by atoms with E-state index in [0.29, 0.717) is 16.0 Å². The molecule has 1 heterocycles. The maximum atomic E-state index is 11.7. The largest absolute Gasteiger partial charge is 0.477 e. The summed E-state index contributed by atoms with van der Waals surface area (Å²) in [5, 5.41) is 17.4. The van der Waals surface area contributed by atoms with Gasteiger partial charge in [-0.2, -0.15) is 0 Å². The van der Waals surface area contributed by atoms with Crippen molar-refractivity contribution in [1.82, 2.24) is 15.2 Å². The summed E-state index contributed by atoms with van der Waals surface area (Å²) >= 11 is 10.4. The minimum absolute atomic E-state index is 0.117. The van der Waals surface area contributed by atoms with Gasteiger partial charge in [-0.3, -0.25) is 5.10 Å². The lowest BCUT2D eigenvalue weighted by Gasteiger charge is -2.14. The van der Waals surface area contributed by atoms with Gasteiger partial charge in [0.05, 0.1) is 5.69 Å². The number of hydrogen-bond acceptors (Lipinski definition) is 5. The smallest absolute Gasteiger partial charge is 0.342 e. The van der Waals surface area contributed by atoms with Crippen molar-refractivity contribution in [2.45, 2.75) is 5.16 Å². The number of aromatic amines is 1. The Morgan fingerprint density at radius 1 is 1.25 bits per heavy atom. The van der Waals surface area contributed by atoms with Crippen LogP contribution in [0.1, 0.15) is 5.56 Å². The fraction of sp³-hybridized carbons (Fsp3) is 0.105. The molecule has 3 rings (SSSR count). The Labute approximate surface area is 179 Å². The molecule has 2 aromatic carbocycles. The average molecular weight is 480 g/mol. The van der Waals surface area contributed by atoms with Crippen LogP contribution in [-0.2, 0) is 4.79 Å². The van der Waals surface area contributed by atoms with E-state index in [9.17, 15) is 9.90 Å². The van der Waals surface area contributed by atoms with Crippen molar-refractivity contribution < 1.29 is 9.90 Å². The molecule has 0 bridgehead atoms. The zero-order chi connectivity index (χ0) is 20.3. The van der Waals surface area contributed by atoms with E-state index in [1.54, 1.807) is 18.2 Å². The molecule has 0 atom stereocenters. The zero-order valence-corrected chi connectivity index (χ0v) is 18.1. The lowest BCUT2D eigenvalue weighted by Crippen LogP contribution is -2.09. The van der Waals surface area contributed by atoms with Crippen molar-refractivity contribution in [3.63, 3.8) is 0 Å². The van der Waals surface area contributed by atoms with Crippen molar-refractivity contribution in [3.05, 3.63) is 62.4 Å². The number of aromatic nitrogens is 3. The fourth-order valence-electron chi connectivity index (χ4n) is 2.39. The summed E-state index contributed by atoms with van der Waals surface area (Å²) in [4.78, 5) is 18.1. The molecule has 28 heavy (non-hydrogen) atoms. The summed E-state index contributed by atoms with van der Waals surface area (Å²) in [6.45, 7) is 0. The number of H-pyrrole nitrogens is 1. The highest BCUT2D eigenvalue weighted by molar-refractivity contribution is 9.10. The molecule has 3 aromatic rings. The maximum Gasteiger partial charge on any atom is 0.342 e. The lowest BCUT2D eigenvalue weighted by molar-refractivity contribution is -0.131. The first-order valence-corrected chi connectivity index (χ1v) is 10.1. The zero-order valence-electron chi connectivity index (χ0n) is 15.0. The molecular weight excluding hydrogens is 464 g/mol. The summed E-state index contributed by atoms with van der Waals surface area (Å²) in [6.07, 6.45) is 1.59. The number of carboxylic acids is 1. The topological polar surface area (TPSA) is 82.1 Å². The highest BCUT2D eigenvalue weighted by atomic mass is 79.9. The van der Waals surface area contributed by atoms with Gasteiger partial charge in [-0.15, -0.1) is 5.10 Å². The predicted octanol–water partition coefficient (Wildman–Crippen LogP) is 5.17. The lowest BCUT2D eigenvalue weighted by atomic mass is 10.2. The first-order valence-electron chi connectivity index (χ1n) is 8.11. The van der Waals surface area contributed by atoms with Crippen molar-refractivity contribution in [2.24, 2.45) is 0 Å². The standard InChI is InChI=1S/C19H16BrClN4O2S/c1-25(2)15-8-3-11(9-14(15)20)10-16(18(26)27)28-19-22-17(23-24-19)12-4-6-13(21)7-5-12/h3-10H,1-2H3,(H,26,27)(H,22,23,24)/b16-10-. The van der Waals surface area contributed by atoms with Gasteiger partial charge in [0.15, 0.2) is 5.82 Å². The van der Waals surface area contributed by atoms with Gasteiger partial charge in [-0.05, 0) is 75.7 Å². The minimum Gasteiger partial charge on any atom is -0.477 e. The second-order valence-electron chi connectivity index (χ2n) is 5.99. The van der Waals surface area contributed by atoms with Crippen LogP contribution in [0.25, 0.3) is 17.5 Å². The molecule has 6 nitrogen and oxygen atoms in total. The number of anilines is 1. The molecule has 0 unspecified atom stereocenters. The van der Waals surface area contributed by atoms with E-state index in [1.165, 1.54) is 0 Å². The third kappa shape index (κ3) is 4.95. The van der Waals surface area contributed by atoms with Gasteiger partial charge >= 0.3 is 5.97 Å². The molecule has 0 fully saturated rings. The molecule has 0 aliphatic heterocycles. The Morgan fingerprint density at radius 3 is 2.57 bits per heavy atom. The SMILES string of the molecule is CN(C)c1ccc(/C=C(\Sc2n[nH]c(-c3ccc(Cl)cc3)n2)C(=O)O)cc1Br. The first-order chi connectivity index (χ1) is 13.3. The molecule has 9 heteroatoms. The van der Waals surface area contributed by atoms with E-state index in [0.717, 1.165) is 33.0 Å². The Bertz CT molecular complexity index is 1030. The van der Waals surface area contributed by atoms with Crippen molar-refractivity contribution >= 4 is 57.0 Å². The molecule has 0 radical (unpaired) electrons. The van der Waals surface area contributed by atoms with Crippen molar-refractivity contribution in [3.8, 4) is 11.4 Å². The van der Waals surface area contributed by atoms with Gasteiger partial charge in [0.2, 0.25) is 5.16 Å². The summed E-state index contributed by atoms with van der Waals surface area (Å²) in [7, 11) is 3.88. The number of hydrogen-bond donors (Lipinski definition) is 2. The van der Waals surface area contributed by atoms with E-state index >= 15 is 0 Å². The molecule has 0 amide bonds. The molecule has 0 saturated heterocycles. The van der Waals surface area contributed by atoms with Gasteiger partial charge < -0.3 is 10.0 Å². The van der Waals surface area contributed by atoms with E-state index in [-0.39, 0.29) is 4.91 Å². The number of rotatable bonds is 6. The van der Waals surface area contributed by atoms with Crippen LogP contribution >= 0.6 is 39.3 Å². The molecule has 1 aromatic heterocycles. The van der Waals surface area contributed by atoms with Crippen LogP contribution in [0.2, 0.25) is 5.02 Å². The predicted molar refractivity (Wildman–Crippen MR) is 117 cm³/mol. The van der Waals surface area contributed by atoms with E-state index in [2.05, 4.69) is 31.1 Å². The molecule has 0 aliphatic carbocycles. The van der Waals surface area contributed by atoms with E-state index in [4.69, 9.17) is 11.6 Å². The quantitative estimate of drug-likeness (QED) is 0.375. The Kier molecular flexibility index (Phi) is 6.43. The van der Waals surface area contributed by atoms with E-state index < -0.39 is 5.97 Å². The van der Waals surface area contributed by atoms with Gasteiger partial charge in [0.1, 0.15) is 4.91 Å². The van der Waals surface area contributed by atoms with Crippen LogP contribution in [-0.4, -0.2) is 40.4 Å². The highest BCUT2D eigenvalue weighted by Crippen LogP contribution is 2.30. The monoisotopic (exact) mass is 478 g/mol. The third-order valence-electron chi connectivity index (χ3n) is 3.75. The Morgan fingerprint density at radius 2 is 1.96 bits per heavy atom. The maximum absolute atomic E-state index is 11.7. The third-order valence-corrected chi connectivity index (χ3v) is 5.51. The van der Waals surface area contributed by atoms with Gasteiger partial charge in [0, 0.05) is 29.2 Å². The van der Waals surface area contributed by atoms with Gasteiger partial charge in [-0.1, -0.05) is 17.7 Å². The summed E-state index contributed by atoms with van der Waals surface area (Å²) < 4.78 is 0.879. The molecule has 2 N–H and O–H groups in total. The number of benzene rings is 2. The molecule has 0 saturated carbocycles. The van der Waals surface area contributed by atoms with Gasteiger partial charge in [0.25, 0.3) is 0 Å². The van der Waals surface area contributed by atoms with Crippen LogP contribution in [0, 0.1) is 0 Å². The number of carbonyl (C=O) groups is 1. The normalized spacial score (nSPS) is 11.5. The Hall–Kier alpha value is -2.29. The van der Waals surface area contributed by atoms with Crippen molar-refractivity contribution in [2.75, 3.05) is 19.0 Å². The van der Waals surface area contributed by atoms with Gasteiger partial charge in [-0.25, -0.2) is 9.78 Å². The Balaban J connectivity index is 1.84. The fourth-order valence-corrected chi connectivity index (χ4v) is 3.97. The highest BCUT2D eigenvalue weighted by Gasteiger charge is 2.15. The number of aliphatic carboxylic acids is 1. The first kappa shape index (κ1) is 20.4. The number of carboxylic acid groups (broad SMARTS) is 1. The molecule has 144 valence electrons. The van der Waals surface area contributed by atoms with E-state index in [1.807, 2.05) is 49.3 Å². The second kappa shape index (κ2) is 8.81. The minimum atomic E-state index is -1.05. The number of thioether (sulfide) groups is 1.